The Bertz CT molecular complexity index is 534. The van der Waals surface area contributed by atoms with Crippen molar-refractivity contribution in [2.24, 2.45) is 0 Å². The van der Waals surface area contributed by atoms with Gasteiger partial charge in [-0.3, -0.25) is 9.69 Å². The van der Waals surface area contributed by atoms with Crippen LogP contribution in [0.5, 0.6) is 11.5 Å². The molecule has 1 saturated heterocycles. The quantitative estimate of drug-likeness (QED) is 0.876. The maximum Gasteiger partial charge on any atom is 0.241 e. The standard InChI is InChI=1S/C15H20N2O4/c1-10(17-6-2-3-12(18)8-17)15(19)16-11-4-5-13-14(7-11)21-9-20-13/h4-5,7,10,12,18H,2-3,6,8-9H2,1H3,(H,16,19). The second kappa shape index (κ2) is 5.91. The summed E-state index contributed by atoms with van der Waals surface area (Å²) in [7, 11) is 0. The summed E-state index contributed by atoms with van der Waals surface area (Å²) < 4.78 is 10.5. The van der Waals surface area contributed by atoms with E-state index in [0.29, 0.717) is 23.7 Å². The zero-order valence-electron chi connectivity index (χ0n) is 12.0. The van der Waals surface area contributed by atoms with Gasteiger partial charge >= 0.3 is 0 Å². The number of carbonyl (C=O) groups excluding carboxylic acids is 1. The van der Waals surface area contributed by atoms with Gasteiger partial charge in [-0.2, -0.15) is 0 Å². The Morgan fingerprint density at radius 1 is 1.43 bits per heavy atom. The number of β-amino-alcohol motifs (C(OH)–C–C–N with tert-alkyl or cyclic N) is 1. The van der Waals surface area contributed by atoms with Crippen molar-refractivity contribution >= 4 is 11.6 Å². The summed E-state index contributed by atoms with van der Waals surface area (Å²) in [4.78, 5) is 14.3. The number of benzene rings is 1. The Labute approximate surface area is 123 Å². The summed E-state index contributed by atoms with van der Waals surface area (Å²) in [6.07, 6.45) is 1.40. The van der Waals surface area contributed by atoms with Crippen LogP contribution >= 0.6 is 0 Å². The van der Waals surface area contributed by atoms with Crippen molar-refractivity contribution < 1.29 is 19.4 Å². The van der Waals surface area contributed by atoms with Crippen LogP contribution in [0, 0.1) is 0 Å². The number of fused-ring (bicyclic) bond motifs is 1. The van der Waals surface area contributed by atoms with Crippen LogP contribution in [0.25, 0.3) is 0 Å². The van der Waals surface area contributed by atoms with Gasteiger partial charge in [0.15, 0.2) is 11.5 Å². The van der Waals surface area contributed by atoms with Gasteiger partial charge in [0.05, 0.1) is 12.1 Å². The first kappa shape index (κ1) is 14.2. The zero-order chi connectivity index (χ0) is 14.8. The number of ether oxygens (including phenoxy) is 2. The van der Waals surface area contributed by atoms with Crippen LogP contribution in [-0.2, 0) is 4.79 Å². The molecule has 0 aliphatic carbocycles. The molecule has 2 unspecified atom stereocenters. The van der Waals surface area contributed by atoms with E-state index in [9.17, 15) is 9.90 Å². The summed E-state index contributed by atoms with van der Waals surface area (Å²) >= 11 is 0. The Kier molecular flexibility index (Phi) is 3.98. The number of aliphatic hydroxyl groups is 1. The van der Waals surface area contributed by atoms with Gasteiger partial charge < -0.3 is 19.9 Å². The number of amides is 1. The lowest BCUT2D eigenvalue weighted by molar-refractivity contribution is -0.121. The summed E-state index contributed by atoms with van der Waals surface area (Å²) in [5.74, 6) is 1.26. The van der Waals surface area contributed by atoms with Gasteiger partial charge in [0.1, 0.15) is 0 Å². The number of likely N-dealkylation sites (tertiary alicyclic amines) is 1. The molecule has 2 heterocycles. The third-order valence-electron chi connectivity index (χ3n) is 4.00. The van der Waals surface area contributed by atoms with E-state index in [-0.39, 0.29) is 24.8 Å². The minimum absolute atomic E-state index is 0.0806. The molecular weight excluding hydrogens is 272 g/mol. The molecule has 2 N–H and O–H groups in total. The van der Waals surface area contributed by atoms with Gasteiger partial charge in [-0.25, -0.2) is 0 Å². The molecule has 3 rings (SSSR count). The smallest absolute Gasteiger partial charge is 0.241 e. The molecule has 1 aromatic carbocycles. The van der Waals surface area contributed by atoms with Gasteiger partial charge in [0, 0.05) is 18.3 Å². The first-order valence-electron chi connectivity index (χ1n) is 7.26. The van der Waals surface area contributed by atoms with E-state index in [0.717, 1.165) is 19.4 Å². The highest BCUT2D eigenvalue weighted by Gasteiger charge is 2.26. The minimum atomic E-state index is -0.334. The highest BCUT2D eigenvalue weighted by atomic mass is 16.7. The largest absolute Gasteiger partial charge is 0.454 e. The molecule has 114 valence electrons. The number of nitrogens with one attached hydrogen (secondary N) is 1. The first-order valence-corrected chi connectivity index (χ1v) is 7.26. The van der Waals surface area contributed by atoms with E-state index in [4.69, 9.17) is 9.47 Å². The van der Waals surface area contributed by atoms with Crippen LogP contribution in [0.15, 0.2) is 18.2 Å². The number of carbonyl (C=O) groups is 1. The first-order chi connectivity index (χ1) is 10.1. The second-order valence-electron chi connectivity index (χ2n) is 5.52. The summed E-state index contributed by atoms with van der Waals surface area (Å²) in [5, 5.41) is 12.6. The van der Waals surface area contributed by atoms with Crippen LogP contribution in [0.2, 0.25) is 0 Å². The average molecular weight is 292 g/mol. The molecule has 0 aromatic heterocycles. The summed E-state index contributed by atoms with van der Waals surface area (Å²) in [5.41, 5.74) is 0.689. The number of nitrogens with zero attached hydrogens (tertiary/aromatic N) is 1. The Morgan fingerprint density at radius 3 is 3.05 bits per heavy atom. The fourth-order valence-electron chi connectivity index (χ4n) is 2.72. The van der Waals surface area contributed by atoms with Crippen LogP contribution in [0.4, 0.5) is 5.69 Å². The molecule has 0 spiro atoms. The van der Waals surface area contributed by atoms with Gasteiger partial charge in [-0.1, -0.05) is 0 Å². The van der Waals surface area contributed by atoms with Crippen molar-refractivity contribution in [3.05, 3.63) is 18.2 Å². The van der Waals surface area contributed by atoms with Gasteiger partial charge in [-0.05, 0) is 38.4 Å². The lowest BCUT2D eigenvalue weighted by Gasteiger charge is -2.33. The fraction of sp³-hybridized carbons (Fsp3) is 0.533. The van der Waals surface area contributed by atoms with E-state index < -0.39 is 0 Å². The number of hydrogen-bond acceptors (Lipinski definition) is 5. The molecular formula is C15H20N2O4. The Hall–Kier alpha value is -1.79. The normalized spacial score (nSPS) is 22.9. The van der Waals surface area contributed by atoms with Gasteiger partial charge in [-0.15, -0.1) is 0 Å². The maximum absolute atomic E-state index is 12.3. The maximum atomic E-state index is 12.3. The monoisotopic (exact) mass is 292 g/mol. The topological polar surface area (TPSA) is 71.0 Å². The third kappa shape index (κ3) is 3.11. The van der Waals surface area contributed by atoms with Crippen molar-refractivity contribution in [3.8, 4) is 11.5 Å². The van der Waals surface area contributed by atoms with Crippen molar-refractivity contribution in [3.63, 3.8) is 0 Å². The van der Waals surface area contributed by atoms with E-state index in [1.54, 1.807) is 18.2 Å². The van der Waals surface area contributed by atoms with Crippen molar-refractivity contribution in [2.75, 3.05) is 25.2 Å². The van der Waals surface area contributed by atoms with E-state index in [1.165, 1.54) is 0 Å². The highest BCUT2D eigenvalue weighted by Crippen LogP contribution is 2.34. The van der Waals surface area contributed by atoms with Gasteiger partial charge in [0.2, 0.25) is 12.7 Å². The number of aliphatic hydroxyl groups excluding tert-OH is 1. The second-order valence-corrected chi connectivity index (χ2v) is 5.52. The van der Waals surface area contributed by atoms with Crippen molar-refractivity contribution in [1.29, 1.82) is 0 Å². The predicted octanol–water partition coefficient (Wildman–Crippen LogP) is 1.20. The molecule has 21 heavy (non-hydrogen) atoms. The van der Waals surface area contributed by atoms with Gasteiger partial charge in [0.25, 0.3) is 0 Å². The lowest BCUT2D eigenvalue weighted by Crippen LogP contribution is -2.48. The molecule has 6 nitrogen and oxygen atoms in total. The lowest BCUT2D eigenvalue weighted by atomic mass is 10.1. The highest BCUT2D eigenvalue weighted by molar-refractivity contribution is 5.94. The summed E-state index contributed by atoms with van der Waals surface area (Å²) in [6, 6.07) is 5.07. The molecule has 1 fully saturated rings. The molecule has 2 aliphatic rings. The van der Waals surface area contributed by atoms with Crippen LogP contribution in [0.3, 0.4) is 0 Å². The molecule has 1 aromatic rings. The van der Waals surface area contributed by atoms with E-state index >= 15 is 0 Å². The molecule has 2 atom stereocenters. The average Bonchev–Trinajstić information content (AvgIpc) is 2.94. The SMILES string of the molecule is CC(C(=O)Nc1ccc2c(c1)OCO2)N1CCCC(O)C1. The molecule has 0 saturated carbocycles. The third-order valence-corrected chi connectivity index (χ3v) is 4.00. The molecule has 0 bridgehead atoms. The van der Waals surface area contributed by atoms with E-state index in [1.807, 2.05) is 11.8 Å². The molecule has 6 heteroatoms. The zero-order valence-corrected chi connectivity index (χ0v) is 12.0. The molecule has 1 amide bonds. The molecule has 2 aliphatic heterocycles. The Balaban J connectivity index is 1.62. The summed E-state index contributed by atoms with van der Waals surface area (Å²) in [6.45, 7) is 3.47. The number of piperidine rings is 1. The number of hydrogen-bond donors (Lipinski definition) is 2. The van der Waals surface area contributed by atoms with Crippen LogP contribution < -0.4 is 14.8 Å². The fourth-order valence-corrected chi connectivity index (χ4v) is 2.72. The molecule has 0 radical (unpaired) electrons. The Morgan fingerprint density at radius 2 is 2.24 bits per heavy atom. The minimum Gasteiger partial charge on any atom is -0.454 e. The number of rotatable bonds is 3. The van der Waals surface area contributed by atoms with E-state index in [2.05, 4.69) is 5.32 Å². The number of anilines is 1. The van der Waals surface area contributed by atoms with Crippen molar-refractivity contribution in [2.45, 2.75) is 31.9 Å². The van der Waals surface area contributed by atoms with Crippen molar-refractivity contribution in [1.82, 2.24) is 4.90 Å². The van der Waals surface area contributed by atoms with Crippen LogP contribution in [-0.4, -0.2) is 47.9 Å². The van der Waals surface area contributed by atoms with Crippen LogP contribution in [0.1, 0.15) is 19.8 Å². The predicted molar refractivity (Wildman–Crippen MR) is 77.5 cm³/mol.